The third kappa shape index (κ3) is 3.01. The largest absolute Gasteiger partial charge is 0.374 e. The van der Waals surface area contributed by atoms with E-state index >= 15 is 0 Å². The highest BCUT2D eigenvalue weighted by Gasteiger charge is 1.95. The van der Waals surface area contributed by atoms with E-state index in [4.69, 9.17) is 4.74 Å². The molecule has 0 saturated heterocycles. The molecule has 0 unspecified atom stereocenters. The van der Waals surface area contributed by atoms with Crippen molar-refractivity contribution in [2.45, 2.75) is 26.6 Å². The Balaban J connectivity index is 2.48. The molecule has 1 nitrogen and oxygen atoms in total. The molecule has 66 valence electrons. The van der Waals surface area contributed by atoms with Crippen LogP contribution in [0.3, 0.4) is 0 Å². The summed E-state index contributed by atoms with van der Waals surface area (Å²) >= 11 is 0. The van der Waals surface area contributed by atoms with Crippen molar-refractivity contribution in [2.75, 3.05) is 0 Å². The standard InChI is InChI=1S/C10H13FO/c1-8(2)12-7-9-3-5-10(11)6-4-9/h3-6,8H,7H2,1-2H3. The van der Waals surface area contributed by atoms with Gasteiger partial charge < -0.3 is 4.74 Å². The number of ether oxygens (including phenoxy) is 1. The van der Waals surface area contributed by atoms with Gasteiger partial charge in [0.1, 0.15) is 5.82 Å². The van der Waals surface area contributed by atoms with E-state index in [9.17, 15) is 4.39 Å². The van der Waals surface area contributed by atoms with Gasteiger partial charge in [-0.1, -0.05) is 12.1 Å². The summed E-state index contributed by atoms with van der Waals surface area (Å²) in [4.78, 5) is 0. The van der Waals surface area contributed by atoms with Crippen LogP contribution in [-0.2, 0) is 11.3 Å². The molecule has 0 N–H and O–H groups in total. The van der Waals surface area contributed by atoms with Gasteiger partial charge in [-0.2, -0.15) is 0 Å². The van der Waals surface area contributed by atoms with E-state index in [0.29, 0.717) is 6.61 Å². The van der Waals surface area contributed by atoms with Crippen LogP contribution in [0.2, 0.25) is 0 Å². The van der Waals surface area contributed by atoms with Gasteiger partial charge in [0.2, 0.25) is 0 Å². The molecule has 0 aliphatic carbocycles. The van der Waals surface area contributed by atoms with E-state index in [2.05, 4.69) is 0 Å². The highest BCUT2D eigenvalue weighted by molar-refractivity contribution is 5.14. The Hall–Kier alpha value is -0.890. The zero-order valence-corrected chi connectivity index (χ0v) is 7.38. The van der Waals surface area contributed by atoms with Gasteiger partial charge >= 0.3 is 0 Å². The molecule has 0 aliphatic rings. The Kier molecular flexibility index (Phi) is 3.23. The topological polar surface area (TPSA) is 9.23 Å². The van der Waals surface area contributed by atoms with Crippen LogP contribution in [0.15, 0.2) is 24.3 Å². The third-order valence-electron chi connectivity index (χ3n) is 1.50. The van der Waals surface area contributed by atoms with Gasteiger partial charge in [0, 0.05) is 0 Å². The van der Waals surface area contributed by atoms with E-state index < -0.39 is 0 Å². The normalized spacial score (nSPS) is 10.7. The fourth-order valence-corrected chi connectivity index (χ4v) is 0.844. The summed E-state index contributed by atoms with van der Waals surface area (Å²) in [6, 6.07) is 6.35. The Morgan fingerprint density at radius 1 is 1.25 bits per heavy atom. The summed E-state index contributed by atoms with van der Waals surface area (Å²) in [6.07, 6.45) is 0.218. The minimum atomic E-state index is -0.205. The van der Waals surface area contributed by atoms with Gasteiger partial charge in [0.25, 0.3) is 0 Å². The molecule has 0 bridgehead atoms. The fourth-order valence-electron chi connectivity index (χ4n) is 0.844. The predicted octanol–water partition coefficient (Wildman–Crippen LogP) is 2.75. The minimum Gasteiger partial charge on any atom is -0.374 e. The molecule has 0 radical (unpaired) electrons. The SMILES string of the molecule is CC(C)OCc1ccc(F)cc1. The minimum absolute atomic E-state index is 0.205. The lowest BCUT2D eigenvalue weighted by atomic mass is 10.2. The third-order valence-corrected chi connectivity index (χ3v) is 1.50. The molecule has 1 aromatic carbocycles. The van der Waals surface area contributed by atoms with Crippen LogP contribution in [0.1, 0.15) is 19.4 Å². The Morgan fingerprint density at radius 2 is 1.83 bits per heavy atom. The molecule has 12 heavy (non-hydrogen) atoms. The molecular weight excluding hydrogens is 155 g/mol. The first-order valence-electron chi connectivity index (χ1n) is 4.04. The van der Waals surface area contributed by atoms with Crippen LogP contribution >= 0.6 is 0 Å². The average Bonchev–Trinajstić information content (AvgIpc) is 2.03. The van der Waals surface area contributed by atoms with Gasteiger partial charge in [0.15, 0.2) is 0 Å². The van der Waals surface area contributed by atoms with E-state index in [1.54, 1.807) is 12.1 Å². The van der Waals surface area contributed by atoms with E-state index in [-0.39, 0.29) is 11.9 Å². The molecule has 0 saturated carbocycles. The van der Waals surface area contributed by atoms with Gasteiger partial charge in [0.05, 0.1) is 12.7 Å². The number of halogens is 1. The van der Waals surface area contributed by atoms with Crippen LogP contribution in [0.25, 0.3) is 0 Å². The van der Waals surface area contributed by atoms with E-state index in [1.165, 1.54) is 12.1 Å². The smallest absolute Gasteiger partial charge is 0.123 e. The summed E-state index contributed by atoms with van der Waals surface area (Å²) in [5, 5.41) is 0. The zero-order chi connectivity index (χ0) is 8.97. The average molecular weight is 168 g/mol. The van der Waals surface area contributed by atoms with Crippen LogP contribution < -0.4 is 0 Å². The molecule has 0 amide bonds. The Labute approximate surface area is 72.2 Å². The van der Waals surface area contributed by atoms with Crippen molar-refractivity contribution >= 4 is 0 Å². The molecule has 1 aromatic rings. The van der Waals surface area contributed by atoms with Gasteiger partial charge in [-0.05, 0) is 31.5 Å². The second kappa shape index (κ2) is 4.21. The van der Waals surface area contributed by atoms with Gasteiger partial charge in [-0.3, -0.25) is 0 Å². The maximum Gasteiger partial charge on any atom is 0.123 e. The monoisotopic (exact) mass is 168 g/mol. The van der Waals surface area contributed by atoms with Gasteiger partial charge in [-0.15, -0.1) is 0 Å². The van der Waals surface area contributed by atoms with Crippen molar-refractivity contribution in [3.8, 4) is 0 Å². The van der Waals surface area contributed by atoms with Crippen molar-refractivity contribution in [2.24, 2.45) is 0 Å². The lowest BCUT2D eigenvalue weighted by Gasteiger charge is -2.06. The number of hydrogen-bond acceptors (Lipinski definition) is 1. The second-order valence-corrected chi connectivity index (χ2v) is 2.99. The first-order valence-corrected chi connectivity index (χ1v) is 4.04. The van der Waals surface area contributed by atoms with Crippen molar-refractivity contribution in [1.82, 2.24) is 0 Å². The molecule has 0 atom stereocenters. The highest BCUT2D eigenvalue weighted by atomic mass is 19.1. The quantitative estimate of drug-likeness (QED) is 0.674. The lowest BCUT2D eigenvalue weighted by molar-refractivity contribution is 0.0657. The summed E-state index contributed by atoms with van der Waals surface area (Å²) in [6.45, 7) is 4.50. The summed E-state index contributed by atoms with van der Waals surface area (Å²) < 4.78 is 17.8. The van der Waals surface area contributed by atoms with Crippen molar-refractivity contribution in [1.29, 1.82) is 0 Å². The van der Waals surface area contributed by atoms with Crippen LogP contribution in [0.4, 0.5) is 4.39 Å². The number of rotatable bonds is 3. The summed E-state index contributed by atoms with van der Waals surface area (Å²) in [7, 11) is 0. The van der Waals surface area contributed by atoms with E-state index in [1.807, 2.05) is 13.8 Å². The highest BCUT2D eigenvalue weighted by Crippen LogP contribution is 2.05. The van der Waals surface area contributed by atoms with Crippen molar-refractivity contribution in [3.05, 3.63) is 35.6 Å². The maximum atomic E-state index is 12.4. The van der Waals surface area contributed by atoms with Crippen LogP contribution in [0, 0.1) is 5.82 Å². The van der Waals surface area contributed by atoms with Crippen molar-refractivity contribution in [3.63, 3.8) is 0 Å². The Bertz CT molecular complexity index is 228. The lowest BCUT2D eigenvalue weighted by Crippen LogP contribution is -2.01. The molecule has 0 heterocycles. The van der Waals surface area contributed by atoms with Crippen LogP contribution in [0.5, 0.6) is 0 Å². The van der Waals surface area contributed by atoms with Gasteiger partial charge in [-0.25, -0.2) is 4.39 Å². The Morgan fingerprint density at radius 3 is 2.33 bits per heavy atom. The molecular formula is C10H13FO. The molecule has 1 rings (SSSR count). The predicted molar refractivity (Wildman–Crippen MR) is 46.3 cm³/mol. The van der Waals surface area contributed by atoms with Crippen molar-refractivity contribution < 1.29 is 9.13 Å². The number of benzene rings is 1. The second-order valence-electron chi connectivity index (χ2n) is 2.99. The number of hydrogen-bond donors (Lipinski definition) is 0. The summed E-state index contributed by atoms with van der Waals surface area (Å²) in [5.41, 5.74) is 1.00. The first-order chi connectivity index (χ1) is 5.68. The maximum absolute atomic E-state index is 12.4. The zero-order valence-electron chi connectivity index (χ0n) is 7.38. The molecule has 2 heteroatoms. The van der Waals surface area contributed by atoms with Crippen LogP contribution in [-0.4, -0.2) is 6.10 Å². The molecule has 0 spiro atoms. The first kappa shape index (κ1) is 9.20. The molecule has 0 aromatic heterocycles. The molecule has 0 fully saturated rings. The van der Waals surface area contributed by atoms with E-state index in [0.717, 1.165) is 5.56 Å². The summed E-state index contributed by atoms with van der Waals surface area (Å²) in [5.74, 6) is -0.205. The fraction of sp³-hybridized carbons (Fsp3) is 0.400. The molecule has 0 aliphatic heterocycles.